The van der Waals surface area contributed by atoms with Gasteiger partial charge in [0.05, 0.1) is 18.2 Å². The molecule has 1 amide bonds. The molecule has 1 aliphatic heterocycles. The summed E-state index contributed by atoms with van der Waals surface area (Å²) in [5.74, 6) is -1.43. The van der Waals surface area contributed by atoms with Crippen LogP contribution in [-0.2, 0) is 15.3 Å². The first-order valence-electron chi connectivity index (χ1n) is 15.1. The SMILES string of the molecule is CCCCCOc1ccc(C2/C(=C(\O)c3ccc(C)c(F)c3)C(=O)C(=O)N2c2nnc(SCc3cccc4ccccc34)s2)cc1. The molecule has 1 aromatic heterocycles. The number of carbonyl (C=O) groups is 2. The number of nitrogens with zero attached hydrogens (tertiary/aromatic N) is 3. The van der Waals surface area contributed by atoms with E-state index in [0.717, 1.165) is 41.7 Å². The first-order valence-corrected chi connectivity index (χ1v) is 16.9. The van der Waals surface area contributed by atoms with Gasteiger partial charge in [-0.05, 0) is 59.0 Å². The van der Waals surface area contributed by atoms with Crippen molar-refractivity contribution in [3.63, 3.8) is 0 Å². The Morgan fingerprint density at radius 2 is 1.78 bits per heavy atom. The molecule has 1 N–H and O–H groups in total. The summed E-state index contributed by atoms with van der Waals surface area (Å²) >= 11 is 2.69. The van der Waals surface area contributed by atoms with Gasteiger partial charge in [-0.3, -0.25) is 14.5 Å². The molecule has 0 saturated carbocycles. The predicted molar refractivity (Wildman–Crippen MR) is 181 cm³/mol. The second-order valence-electron chi connectivity index (χ2n) is 11.0. The summed E-state index contributed by atoms with van der Waals surface area (Å²) in [6.45, 7) is 4.31. The van der Waals surface area contributed by atoms with Crippen molar-refractivity contribution in [3.8, 4) is 5.75 Å². The Labute approximate surface area is 274 Å². The lowest BCUT2D eigenvalue weighted by atomic mass is 9.95. The first-order chi connectivity index (χ1) is 22.4. The van der Waals surface area contributed by atoms with Gasteiger partial charge in [0.2, 0.25) is 5.13 Å². The molecule has 0 radical (unpaired) electrons. The van der Waals surface area contributed by atoms with Gasteiger partial charge in [-0.2, -0.15) is 0 Å². The van der Waals surface area contributed by atoms with E-state index in [1.807, 2.05) is 18.2 Å². The monoisotopic (exact) mass is 653 g/mol. The maximum atomic E-state index is 14.5. The summed E-state index contributed by atoms with van der Waals surface area (Å²) in [5, 5.41) is 22.6. The topological polar surface area (TPSA) is 92.6 Å². The van der Waals surface area contributed by atoms with Gasteiger partial charge < -0.3 is 9.84 Å². The van der Waals surface area contributed by atoms with Gasteiger partial charge in [0.15, 0.2) is 4.34 Å². The van der Waals surface area contributed by atoms with Gasteiger partial charge >= 0.3 is 5.91 Å². The van der Waals surface area contributed by atoms with Crippen molar-refractivity contribution in [3.05, 3.63) is 119 Å². The van der Waals surface area contributed by atoms with Crippen molar-refractivity contribution in [2.24, 2.45) is 0 Å². The lowest BCUT2D eigenvalue weighted by molar-refractivity contribution is -0.132. The van der Waals surface area contributed by atoms with E-state index in [1.54, 1.807) is 31.2 Å². The lowest BCUT2D eigenvalue weighted by Gasteiger charge is -2.22. The number of rotatable bonds is 11. The van der Waals surface area contributed by atoms with E-state index in [-0.39, 0.29) is 16.3 Å². The van der Waals surface area contributed by atoms with Crippen LogP contribution in [0.25, 0.3) is 16.5 Å². The number of hydrogen-bond acceptors (Lipinski definition) is 8. The number of aliphatic hydroxyl groups is 1. The Hall–Kier alpha value is -4.54. The highest BCUT2D eigenvalue weighted by Crippen LogP contribution is 2.44. The molecular formula is C36H32FN3O4S2. The number of aryl methyl sites for hydroxylation is 1. The minimum Gasteiger partial charge on any atom is -0.507 e. The fourth-order valence-electron chi connectivity index (χ4n) is 5.45. The summed E-state index contributed by atoms with van der Waals surface area (Å²) < 4.78 is 21.0. The normalized spacial score (nSPS) is 16.0. The Bertz CT molecular complexity index is 1930. The van der Waals surface area contributed by atoms with Crippen molar-refractivity contribution >= 4 is 56.5 Å². The highest BCUT2D eigenvalue weighted by molar-refractivity contribution is 8.00. The maximum Gasteiger partial charge on any atom is 0.301 e. The van der Waals surface area contributed by atoms with Crippen molar-refractivity contribution in [1.82, 2.24) is 10.2 Å². The molecule has 1 unspecified atom stereocenters. The molecule has 6 rings (SSSR count). The van der Waals surface area contributed by atoms with Crippen molar-refractivity contribution in [2.75, 3.05) is 11.5 Å². The van der Waals surface area contributed by atoms with Crippen LogP contribution in [0.2, 0.25) is 0 Å². The molecule has 7 nitrogen and oxygen atoms in total. The second kappa shape index (κ2) is 13.8. The van der Waals surface area contributed by atoms with Crippen LogP contribution in [0.15, 0.2) is 94.8 Å². The summed E-state index contributed by atoms with van der Waals surface area (Å²) in [4.78, 5) is 28.5. The summed E-state index contributed by atoms with van der Waals surface area (Å²) in [6.07, 6.45) is 3.08. The third-order valence-electron chi connectivity index (χ3n) is 7.94. The smallest absolute Gasteiger partial charge is 0.301 e. The van der Waals surface area contributed by atoms with Gasteiger partial charge in [0.1, 0.15) is 17.3 Å². The number of aromatic nitrogens is 2. The number of benzene rings is 4. The number of Topliss-reactive ketones (excluding diaryl/α,β-unsaturated/α-hetero) is 1. The number of ketones is 1. The van der Waals surface area contributed by atoms with Gasteiger partial charge in [-0.25, -0.2) is 4.39 Å². The molecule has 5 aromatic rings. The number of carbonyl (C=O) groups excluding carboxylic acids is 2. The minimum absolute atomic E-state index is 0.102. The van der Waals surface area contributed by atoms with E-state index in [1.165, 1.54) is 40.1 Å². The molecule has 4 aromatic carbocycles. The van der Waals surface area contributed by atoms with E-state index in [9.17, 15) is 19.1 Å². The van der Waals surface area contributed by atoms with Gasteiger partial charge in [-0.15, -0.1) is 10.2 Å². The third-order valence-corrected chi connectivity index (χ3v) is 10.0. The van der Waals surface area contributed by atoms with Crippen LogP contribution >= 0.6 is 23.1 Å². The Morgan fingerprint density at radius 1 is 1.00 bits per heavy atom. The Balaban J connectivity index is 1.34. The number of anilines is 1. The molecule has 1 fully saturated rings. The van der Waals surface area contributed by atoms with Crippen LogP contribution < -0.4 is 9.64 Å². The van der Waals surface area contributed by atoms with Crippen LogP contribution in [0, 0.1) is 12.7 Å². The van der Waals surface area contributed by atoms with E-state index >= 15 is 0 Å². The zero-order valence-corrected chi connectivity index (χ0v) is 27.0. The first kappa shape index (κ1) is 31.4. The van der Waals surface area contributed by atoms with Crippen molar-refractivity contribution in [2.45, 2.75) is 49.2 Å². The van der Waals surface area contributed by atoms with Crippen LogP contribution in [0.4, 0.5) is 9.52 Å². The average molecular weight is 654 g/mol. The maximum absolute atomic E-state index is 14.5. The second-order valence-corrected chi connectivity index (χ2v) is 13.2. The highest BCUT2D eigenvalue weighted by atomic mass is 32.2. The van der Waals surface area contributed by atoms with E-state index in [0.29, 0.717) is 33.6 Å². The van der Waals surface area contributed by atoms with E-state index in [2.05, 4.69) is 41.4 Å². The standard InChI is InChI=1S/C36H32FN3O4S2/c1-3-4-7-19-44-27-17-15-24(16-18-27)31-30(32(41)25-14-13-22(2)29(37)20-25)33(42)34(43)40(31)35-38-39-36(46-35)45-21-26-11-8-10-23-9-5-6-12-28(23)26/h5-6,8-18,20,31,41H,3-4,7,19,21H2,1-2H3/b32-30+. The third kappa shape index (κ3) is 6.41. The average Bonchev–Trinajstić information content (AvgIpc) is 3.64. The summed E-state index contributed by atoms with van der Waals surface area (Å²) in [5.41, 5.74) is 2.05. The van der Waals surface area contributed by atoms with Gasteiger partial charge in [-0.1, -0.05) is 110 Å². The molecule has 0 aliphatic carbocycles. The Morgan fingerprint density at radius 3 is 2.57 bits per heavy atom. The fraction of sp³-hybridized carbons (Fsp3) is 0.222. The number of hydrogen-bond donors (Lipinski definition) is 1. The molecule has 0 bridgehead atoms. The largest absolute Gasteiger partial charge is 0.507 e. The molecule has 234 valence electrons. The number of unbranched alkanes of at least 4 members (excludes halogenated alkanes) is 2. The number of ether oxygens (including phenoxy) is 1. The van der Waals surface area contributed by atoms with Crippen molar-refractivity contribution in [1.29, 1.82) is 0 Å². The Kier molecular flexibility index (Phi) is 9.46. The lowest BCUT2D eigenvalue weighted by Crippen LogP contribution is -2.29. The van der Waals surface area contributed by atoms with Crippen molar-refractivity contribution < 1.29 is 23.8 Å². The number of aliphatic hydroxyl groups excluding tert-OH is 1. The minimum atomic E-state index is -1.01. The predicted octanol–water partition coefficient (Wildman–Crippen LogP) is 8.63. The van der Waals surface area contributed by atoms with Crippen LogP contribution in [-0.4, -0.2) is 33.6 Å². The van der Waals surface area contributed by atoms with Gasteiger partial charge in [0.25, 0.3) is 5.78 Å². The number of amides is 1. The molecule has 1 atom stereocenters. The van der Waals surface area contributed by atoms with Gasteiger partial charge in [0, 0.05) is 11.3 Å². The molecule has 0 spiro atoms. The molecule has 46 heavy (non-hydrogen) atoms. The van der Waals surface area contributed by atoms with Crippen LogP contribution in [0.3, 0.4) is 0 Å². The molecule has 2 heterocycles. The number of halogens is 1. The van der Waals surface area contributed by atoms with E-state index in [4.69, 9.17) is 4.74 Å². The zero-order valence-electron chi connectivity index (χ0n) is 25.4. The van der Waals surface area contributed by atoms with Crippen LogP contribution in [0.1, 0.15) is 54.5 Å². The number of thioether (sulfide) groups is 1. The fourth-order valence-corrected chi connectivity index (χ4v) is 7.32. The molecule has 1 saturated heterocycles. The highest BCUT2D eigenvalue weighted by Gasteiger charge is 2.48. The molecular weight excluding hydrogens is 622 g/mol. The number of fused-ring (bicyclic) bond motifs is 1. The molecule has 1 aliphatic rings. The summed E-state index contributed by atoms with van der Waals surface area (Å²) in [6, 6.07) is 24.6. The van der Waals surface area contributed by atoms with E-state index < -0.39 is 29.3 Å². The van der Waals surface area contributed by atoms with Crippen LogP contribution in [0.5, 0.6) is 5.75 Å². The molecule has 10 heteroatoms. The zero-order chi connectivity index (χ0) is 32.2. The quantitative estimate of drug-likeness (QED) is 0.0381. The summed E-state index contributed by atoms with van der Waals surface area (Å²) in [7, 11) is 0.